The molecule has 4 aromatic rings. The zero-order valence-corrected chi connectivity index (χ0v) is 22.0. The van der Waals surface area contributed by atoms with Gasteiger partial charge in [0.1, 0.15) is 5.52 Å². The summed E-state index contributed by atoms with van der Waals surface area (Å²) in [6, 6.07) is 8.46. The molecule has 1 aliphatic heterocycles. The van der Waals surface area contributed by atoms with Crippen LogP contribution in [0.3, 0.4) is 0 Å². The third-order valence-corrected chi connectivity index (χ3v) is 7.82. The molecule has 0 radical (unpaired) electrons. The van der Waals surface area contributed by atoms with E-state index < -0.39 is 15.8 Å². The lowest BCUT2D eigenvalue weighted by Gasteiger charge is -2.17. The Morgan fingerprint density at radius 2 is 2.00 bits per heavy atom. The van der Waals surface area contributed by atoms with Gasteiger partial charge in [0.2, 0.25) is 18.3 Å². The molecule has 3 N–H and O–H groups in total. The molecule has 6 rings (SSSR count). The summed E-state index contributed by atoms with van der Waals surface area (Å²) in [5.41, 5.74) is 2.47. The third-order valence-electron chi connectivity index (χ3n) is 6.23. The number of anilines is 4. The average molecular weight is 554 g/mol. The van der Waals surface area contributed by atoms with Gasteiger partial charge in [-0.15, -0.1) is 17.9 Å². The molecule has 0 bridgehead atoms. The molecular formula is C25H28FN9O3S. The first-order valence-electron chi connectivity index (χ1n) is 12.1. The highest BCUT2D eigenvalue weighted by Crippen LogP contribution is 2.39. The highest BCUT2D eigenvalue weighted by atomic mass is 32.2. The summed E-state index contributed by atoms with van der Waals surface area (Å²) in [5, 5.41) is 17.2. The first kappa shape index (κ1) is 27.5. The van der Waals surface area contributed by atoms with Crippen molar-refractivity contribution in [2.75, 3.05) is 34.9 Å². The van der Waals surface area contributed by atoms with Gasteiger partial charge >= 0.3 is 0 Å². The molecule has 204 valence electrons. The van der Waals surface area contributed by atoms with Gasteiger partial charge in [-0.1, -0.05) is 0 Å². The molecule has 1 saturated carbocycles. The van der Waals surface area contributed by atoms with Crippen molar-refractivity contribution in [3.63, 3.8) is 0 Å². The van der Waals surface area contributed by atoms with E-state index in [-0.39, 0.29) is 5.25 Å². The van der Waals surface area contributed by atoms with Crippen molar-refractivity contribution in [1.29, 1.82) is 0 Å². The van der Waals surface area contributed by atoms with Gasteiger partial charge in [-0.25, -0.2) is 17.9 Å². The summed E-state index contributed by atoms with van der Waals surface area (Å²) in [6.07, 6.45) is 15.9. The Balaban J connectivity index is 0.000000248. The van der Waals surface area contributed by atoms with Crippen molar-refractivity contribution in [1.82, 2.24) is 29.8 Å². The third kappa shape index (κ3) is 6.88. The normalized spacial score (nSPS) is 16.5. The number of terminal acetylenes is 1. The Kier molecular flexibility index (Phi) is 8.40. The van der Waals surface area contributed by atoms with Crippen LogP contribution in [0.2, 0.25) is 0 Å². The van der Waals surface area contributed by atoms with Crippen LogP contribution in [0.15, 0.2) is 42.7 Å². The molecule has 1 amide bonds. The van der Waals surface area contributed by atoms with E-state index in [0.717, 1.165) is 17.0 Å². The van der Waals surface area contributed by atoms with Crippen molar-refractivity contribution in [3.8, 4) is 12.8 Å². The number of carbonyl (C=O) groups excluding carboxylic acids is 1. The Morgan fingerprint density at radius 1 is 1.21 bits per heavy atom. The lowest BCUT2D eigenvalue weighted by Crippen LogP contribution is -2.28. The predicted octanol–water partition coefficient (Wildman–Crippen LogP) is 2.74. The van der Waals surface area contributed by atoms with Gasteiger partial charge < -0.3 is 15.5 Å². The topological polar surface area (TPSA) is 150 Å². The van der Waals surface area contributed by atoms with E-state index in [1.54, 1.807) is 4.52 Å². The fourth-order valence-electron chi connectivity index (χ4n) is 4.06. The van der Waals surface area contributed by atoms with Crippen molar-refractivity contribution >= 4 is 45.0 Å². The molecule has 2 aliphatic rings. The van der Waals surface area contributed by atoms with Crippen LogP contribution >= 0.6 is 0 Å². The van der Waals surface area contributed by atoms with Gasteiger partial charge in [-0.3, -0.25) is 9.89 Å². The number of aromatic amines is 1. The standard InChI is InChI=1S/C17H21N7O2S.C6H5FN2O.C2H2/c1-27(25,26)12-6-8-23(10-12)17-19-16(14-3-2-7-24(14)22-17)18-15-9-13(20-21-15)11-4-5-11;7-6-2-1-5(3-8-6)9-4-10;1-2/h2-3,7,9,11-12H,4-6,8,10H2,1H3,(H2,18,19,20,21,22);1-4H,(H,9,10);1-2H/t12-;;/m1../s1. The number of hydrogen-bond donors (Lipinski definition) is 3. The van der Waals surface area contributed by atoms with Crippen molar-refractivity contribution in [3.05, 3.63) is 54.4 Å². The predicted molar refractivity (Wildman–Crippen MR) is 146 cm³/mol. The molecule has 39 heavy (non-hydrogen) atoms. The highest BCUT2D eigenvalue weighted by Gasteiger charge is 2.32. The number of halogens is 1. The Labute approximate surface area is 225 Å². The summed E-state index contributed by atoms with van der Waals surface area (Å²) < 4.78 is 37.6. The Morgan fingerprint density at radius 3 is 2.64 bits per heavy atom. The molecule has 0 unspecified atom stereocenters. The van der Waals surface area contributed by atoms with Gasteiger partial charge in [0.05, 0.1) is 17.1 Å². The number of amides is 1. The van der Waals surface area contributed by atoms with Gasteiger partial charge in [0.25, 0.3) is 0 Å². The second kappa shape index (κ2) is 11.9. The molecule has 0 aromatic carbocycles. The molecule has 14 heteroatoms. The molecule has 1 saturated heterocycles. The molecule has 1 aliphatic carbocycles. The van der Waals surface area contributed by atoms with E-state index in [9.17, 15) is 17.6 Å². The first-order valence-corrected chi connectivity index (χ1v) is 14.0. The van der Waals surface area contributed by atoms with Crippen LogP contribution in [-0.2, 0) is 14.6 Å². The maximum atomic E-state index is 12.1. The van der Waals surface area contributed by atoms with E-state index in [2.05, 4.69) is 48.7 Å². The van der Waals surface area contributed by atoms with Crippen LogP contribution in [0.1, 0.15) is 30.9 Å². The molecule has 5 heterocycles. The van der Waals surface area contributed by atoms with E-state index in [0.29, 0.717) is 49.3 Å². The molecule has 1 atom stereocenters. The van der Waals surface area contributed by atoms with Gasteiger partial charge in [-0.05, 0) is 43.5 Å². The minimum Gasteiger partial charge on any atom is -0.338 e. The second-order valence-electron chi connectivity index (χ2n) is 9.02. The van der Waals surface area contributed by atoms with Crippen LogP contribution in [0, 0.1) is 18.8 Å². The van der Waals surface area contributed by atoms with Gasteiger partial charge in [0, 0.05) is 43.2 Å². The van der Waals surface area contributed by atoms with E-state index in [4.69, 9.17) is 0 Å². The van der Waals surface area contributed by atoms with E-state index >= 15 is 0 Å². The summed E-state index contributed by atoms with van der Waals surface area (Å²) in [4.78, 5) is 19.7. The fraction of sp³-hybridized carbons (Fsp3) is 0.320. The van der Waals surface area contributed by atoms with Crippen molar-refractivity contribution in [2.45, 2.75) is 30.4 Å². The number of nitrogens with one attached hydrogen (secondary N) is 3. The van der Waals surface area contributed by atoms with E-state index in [1.165, 1.54) is 37.4 Å². The second-order valence-corrected chi connectivity index (χ2v) is 11.3. The maximum absolute atomic E-state index is 12.1. The first-order chi connectivity index (χ1) is 18.8. The number of aromatic nitrogens is 6. The molecule has 4 aromatic heterocycles. The zero-order valence-electron chi connectivity index (χ0n) is 21.2. The Bertz CT molecular complexity index is 1550. The van der Waals surface area contributed by atoms with Crippen LogP contribution in [-0.4, -0.2) is 69.2 Å². The minimum atomic E-state index is -3.07. The van der Waals surface area contributed by atoms with Gasteiger partial charge in [-0.2, -0.15) is 14.5 Å². The van der Waals surface area contributed by atoms with Crippen LogP contribution in [0.5, 0.6) is 0 Å². The SMILES string of the molecule is C#C.CS(=O)(=O)[C@@H]1CCN(c2nc(Nc3cc(C4CC4)[nH]n3)c3cccn3n2)C1.O=CNc1ccc(F)nc1. The highest BCUT2D eigenvalue weighted by molar-refractivity contribution is 7.91. The number of fused-ring (bicyclic) bond motifs is 1. The van der Waals surface area contributed by atoms with Crippen LogP contribution in [0.25, 0.3) is 5.52 Å². The molecule has 12 nitrogen and oxygen atoms in total. The average Bonchev–Trinajstić information content (AvgIpc) is 3.29. The number of pyridine rings is 1. The molecular weight excluding hydrogens is 525 g/mol. The Hall–Kier alpha value is -4.51. The number of H-pyrrole nitrogens is 1. The van der Waals surface area contributed by atoms with E-state index in [1.807, 2.05) is 29.3 Å². The summed E-state index contributed by atoms with van der Waals surface area (Å²) in [5.74, 6) is 1.93. The van der Waals surface area contributed by atoms with Crippen molar-refractivity contribution < 1.29 is 17.6 Å². The lowest BCUT2D eigenvalue weighted by atomic mass is 10.3. The minimum absolute atomic E-state index is 0.370. The monoisotopic (exact) mass is 553 g/mol. The lowest BCUT2D eigenvalue weighted by molar-refractivity contribution is -0.105. The number of sulfone groups is 1. The summed E-state index contributed by atoms with van der Waals surface area (Å²) in [6.45, 7) is 1.04. The molecule has 2 fully saturated rings. The number of nitrogens with zero attached hydrogens (tertiary/aromatic N) is 6. The van der Waals surface area contributed by atoms with Gasteiger partial charge in [0.15, 0.2) is 21.5 Å². The summed E-state index contributed by atoms with van der Waals surface area (Å²) in [7, 11) is -3.07. The van der Waals surface area contributed by atoms with Crippen LogP contribution < -0.4 is 15.5 Å². The van der Waals surface area contributed by atoms with Crippen molar-refractivity contribution in [2.24, 2.45) is 0 Å². The van der Waals surface area contributed by atoms with Crippen LogP contribution in [0.4, 0.5) is 27.7 Å². The fourth-order valence-corrected chi connectivity index (χ4v) is 5.05. The maximum Gasteiger partial charge on any atom is 0.245 e. The number of hydrogen-bond acceptors (Lipinski definition) is 9. The largest absolute Gasteiger partial charge is 0.338 e. The molecule has 0 spiro atoms. The quantitative estimate of drug-likeness (QED) is 0.178. The zero-order chi connectivity index (χ0) is 28.0. The number of carbonyl (C=O) groups is 1. The summed E-state index contributed by atoms with van der Waals surface area (Å²) >= 11 is 0. The smallest absolute Gasteiger partial charge is 0.245 e. The number of rotatable bonds is 7.